The van der Waals surface area contributed by atoms with Gasteiger partial charge < -0.3 is 4.74 Å². The Kier molecular flexibility index (Phi) is 5.12. The summed E-state index contributed by atoms with van der Waals surface area (Å²) in [5.74, 6) is -0.839. The van der Waals surface area contributed by atoms with Gasteiger partial charge in [0.15, 0.2) is 11.6 Å². The quantitative estimate of drug-likeness (QED) is 0.692. The molecule has 106 valence electrons. The molecular formula is C16H15BrF2O. The first-order chi connectivity index (χ1) is 9.61. The van der Waals surface area contributed by atoms with Crippen molar-refractivity contribution in [3.63, 3.8) is 0 Å². The Balaban J connectivity index is 2.19. The van der Waals surface area contributed by atoms with Crippen molar-refractivity contribution >= 4 is 15.9 Å². The van der Waals surface area contributed by atoms with Crippen LogP contribution < -0.4 is 4.74 Å². The van der Waals surface area contributed by atoms with Crippen LogP contribution in [0.5, 0.6) is 5.75 Å². The number of ether oxygens (including phenoxy) is 1. The predicted molar refractivity (Wildman–Crippen MR) is 79.3 cm³/mol. The molecule has 0 aromatic heterocycles. The number of para-hydroxylation sites is 1. The summed E-state index contributed by atoms with van der Waals surface area (Å²) in [6, 6.07) is 11.7. The van der Waals surface area contributed by atoms with E-state index in [0.29, 0.717) is 13.0 Å². The average molecular weight is 341 g/mol. The van der Waals surface area contributed by atoms with E-state index >= 15 is 0 Å². The molecule has 0 heterocycles. The van der Waals surface area contributed by atoms with Crippen molar-refractivity contribution < 1.29 is 13.5 Å². The van der Waals surface area contributed by atoms with Gasteiger partial charge in [0.25, 0.3) is 0 Å². The van der Waals surface area contributed by atoms with Crippen LogP contribution in [0.1, 0.15) is 22.9 Å². The van der Waals surface area contributed by atoms with Gasteiger partial charge >= 0.3 is 0 Å². The number of rotatable bonds is 5. The second kappa shape index (κ2) is 6.84. The highest BCUT2D eigenvalue weighted by atomic mass is 79.9. The average Bonchev–Trinajstić information content (AvgIpc) is 2.44. The van der Waals surface area contributed by atoms with Crippen LogP contribution in [0.4, 0.5) is 8.78 Å². The fourth-order valence-corrected chi connectivity index (χ4v) is 2.76. The summed E-state index contributed by atoms with van der Waals surface area (Å²) < 4.78 is 31.7. The van der Waals surface area contributed by atoms with Crippen molar-refractivity contribution in [2.45, 2.75) is 18.2 Å². The Hall–Kier alpha value is -1.42. The smallest absolute Gasteiger partial charge is 0.159 e. The molecule has 0 aliphatic rings. The normalized spacial score (nSPS) is 12.2. The lowest BCUT2D eigenvalue weighted by Crippen LogP contribution is -2.01. The van der Waals surface area contributed by atoms with Gasteiger partial charge in [-0.2, -0.15) is 0 Å². The lowest BCUT2D eigenvalue weighted by atomic mass is 10.0. The van der Waals surface area contributed by atoms with Crippen molar-refractivity contribution in [3.8, 4) is 5.75 Å². The van der Waals surface area contributed by atoms with Crippen LogP contribution in [0.25, 0.3) is 0 Å². The van der Waals surface area contributed by atoms with E-state index in [0.717, 1.165) is 22.9 Å². The maximum atomic E-state index is 13.2. The molecule has 0 aliphatic heterocycles. The molecule has 0 saturated heterocycles. The third-order valence-corrected chi connectivity index (χ3v) is 3.77. The Morgan fingerprint density at radius 1 is 1.10 bits per heavy atom. The molecule has 0 amide bonds. The summed E-state index contributed by atoms with van der Waals surface area (Å²) in [5.41, 5.74) is 1.73. The summed E-state index contributed by atoms with van der Waals surface area (Å²) in [6.07, 6.45) is 0.557. The van der Waals surface area contributed by atoms with Crippen LogP contribution in [-0.2, 0) is 6.42 Å². The van der Waals surface area contributed by atoms with Crippen LogP contribution in [0.2, 0.25) is 0 Å². The van der Waals surface area contributed by atoms with Gasteiger partial charge in [0.1, 0.15) is 5.75 Å². The Bertz CT molecular complexity index is 586. The fraction of sp³-hybridized carbons (Fsp3) is 0.250. The van der Waals surface area contributed by atoms with E-state index in [1.54, 1.807) is 6.07 Å². The van der Waals surface area contributed by atoms with Crippen LogP contribution >= 0.6 is 15.9 Å². The first kappa shape index (κ1) is 15.0. The predicted octanol–water partition coefficient (Wildman–Crippen LogP) is 5.04. The van der Waals surface area contributed by atoms with Crippen molar-refractivity contribution in [1.29, 1.82) is 0 Å². The summed E-state index contributed by atoms with van der Waals surface area (Å²) in [6.45, 7) is 2.51. The molecule has 2 aromatic rings. The zero-order valence-electron chi connectivity index (χ0n) is 11.1. The second-order valence-corrected chi connectivity index (χ2v) is 5.50. The minimum Gasteiger partial charge on any atom is -0.494 e. The molecule has 0 aliphatic carbocycles. The summed E-state index contributed by atoms with van der Waals surface area (Å²) >= 11 is 3.59. The van der Waals surface area contributed by atoms with Gasteiger partial charge in [-0.25, -0.2) is 8.78 Å². The number of alkyl halides is 1. The zero-order chi connectivity index (χ0) is 14.5. The highest BCUT2D eigenvalue weighted by Gasteiger charge is 2.14. The van der Waals surface area contributed by atoms with E-state index in [-0.39, 0.29) is 4.83 Å². The maximum Gasteiger partial charge on any atom is 0.159 e. The maximum absolute atomic E-state index is 13.2. The van der Waals surface area contributed by atoms with Crippen LogP contribution in [0.15, 0.2) is 42.5 Å². The van der Waals surface area contributed by atoms with Crippen molar-refractivity contribution in [3.05, 3.63) is 65.2 Å². The van der Waals surface area contributed by atoms with Gasteiger partial charge in [0.2, 0.25) is 0 Å². The molecule has 20 heavy (non-hydrogen) atoms. The summed E-state index contributed by atoms with van der Waals surface area (Å²) in [5, 5.41) is 0. The van der Waals surface area contributed by atoms with E-state index in [2.05, 4.69) is 15.9 Å². The van der Waals surface area contributed by atoms with Crippen LogP contribution in [0.3, 0.4) is 0 Å². The molecule has 2 aromatic carbocycles. The second-order valence-electron chi connectivity index (χ2n) is 4.39. The third kappa shape index (κ3) is 3.57. The molecule has 2 rings (SSSR count). The van der Waals surface area contributed by atoms with Crippen molar-refractivity contribution in [2.24, 2.45) is 0 Å². The molecular weight excluding hydrogens is 326 g/mol. The molecule has 0 saturated carbocycles. The topological polar surface area (TPSA) is 9.23 Å². The minimum atomic E-state index is -0.824. The summed E-state index contributed by atoms with van der Waals surface area (Å²) in [4.78, 5) is -0.0184. The van der Waals surface area contributed by atoms with E-state index in [1.807, 2.05) is 31.2 Å². The number of hydrogen-bond donors (Lipinski definition) is 0. The van der Waals surface area contributed by atoms with Gasteiger partial charge in [0.05, 0.1) is 6.61 Å². The van der Waals surface area contributed by atoms with Gasteiger partial charge in [0, 0.05) is 10.4 Å². The monoisotopic (exact) mass is 340 g/mol. The molecule has 4 heteroatoms. The fourth-order valence-electron chi connectivity index (χ4n) is 2.01. The number of hydrogen-bond acceptors (Lipinski definition) is 1. The third-order valence-electron chi connectivity index (χ3n) is 2.96. The SMILES string of the molecule is CCOc1ccccc1C(Br)Cc1ccc(F)c(F)c1. The molecule has 1 unspecified atom stereocenters. The first-order valence-corrected chi connectivity index (χ1v) is 7.33. The van der Waals surface area contributed by atoms with E-state index < -0.39 is 11.6 Å². The molecule has 0 spiro atoms. The van der Waals surface area contributed by atoms with Gasteiger partial charge in [-0.05, 0) is 37.1 Å². The Morgan fingerprint density at radius 2 is 1.85 bits per heavy atom. The van der Waals surface area contributed by atoms with Gasteiger partial charge in [-0.1, -0.05) is 40.2 Å². The van der Waals surface area contributed by atoms with Crippen molar-refractivity contribution in [1.82, 2.24) is 0 Å². The number of benzene rings is 2. The van der Waals surface area contributed by atoms with Gasteiger partial charge in [-0.3, -0.25) is 0 Å². The molecule has 1 nitrogen and oxygen atoms in total. The van der Waals surface area contributed by atoms with E-state index in [9.17, 15) is 8.78 Å². The highest BCUT2D eigenvalue weighted by Crippen LogP contribution is 2.34. The van der Waals surface area contributed by atoms with Gasteiger partial charge in [-0.15, -0.1) is 0 Å². The standard InChI is InChI=1S/C16H15BrF2O/c1-2-20-16-6-4-3-5-12(16)13(17)9-11-7-8-14(18)15(19)10-11/h3-8,10,13H,2,9H2,1H3. The minimum absolute atomic E-state index is 0.0184. The van der Waals surface area contributed by atoms with E-state index in [1.165, 1.54) is 6.07 Å². The zero-order valence-corrected chi connectivity index (χ0v) is 12.7. The first-order valence-electron chi connectivity index (χ1n) is 6.41. The number of halogens is 3. The Labute approximate surface area is 125 Å². The Morgan fingerprint density at radius 3 is 2.55 bits per heavy atom. The molecule has 0 N–H and O–H groups in total. The highest BCUT2D eigenvalue weighted by molar-refractivity contribution is 9.09. The largest absolute Gasteiger partial charge is 0.494 e. The van der Waals surface area contributed by atoms with E-state index in [4.69, 9.17) is 4.74 Å². The summed E-state index contributed by atoms with van der Waals surface area (Å²) in [7, 11) is 0. The molecule has 0 fully saturated rings. The molecule has 0 radical (unpaired) electrons. The van der Waals surface area contributed by atoms with Crippen molar-refractivity contribution in [2.75, 3.05) is 6.61 Å². The molecule has 0 bridgehead atoms. The lowest BCUT2D eigenvalue weighted by Gasteiger charge is -2.15. The van der Waals surface area contributed by atoms with Crippen LogP contribution in [0, 0.1) is 11.6 Å². The lowest BCUT2D eigenvalue weighted by molar-refractivity contribution is 0.336. The van der Waals surface area contributed by atoms with Crippen LogP contribution in [-0.4, -0.2) is 6.61 Å². The molecule has 1 atom stereocenters.